The minimum atomic E-state index is 0.669. The SMILES string of the molecule is CCCCCN(c1ccc(C=Cc2ccccc2)c2cccnc12)C1CCCC1. The molecule has 0 spiro atoms. The van der Waals surface area contributed by atoms with E-state index in [0.29, 0.717) is 6.04 Å². The van der Waals surface area contributed by atoms with Crippen LogP contribution in [0.5, 0.6) is 0 Å². The van der Waals surface area contributed by atoms with Crippen molar-refractivity contribution in [3.05, 3.63) is 71.9 Å². The van der Waals surface area contributed by atoms with E-state index in [1.165, 1.54) is 67.1 Å². The van der Waals surface area contributed by atoms with Crippen molar-refractivity contribution in [1.29, 1.82) is 0 Å². The van der Waals surface area contributed by atoms with Gasteiger partial charge in [0.2, 0.25) is 0 Å². The largest absolute Gasteiger partial charge is 0.367 e. The standard InChI is InChI=1S/C27H32N2/c1-2-3-9-21-29(24-13-7-8-14-24)26-19-18-23(25-15-10-20-28-27(25)26)17-16-22-11-5-4-6-12-22/h4-6,10-12,15-20,24H,2-3,7-9,13-14,21H2,1H3. The highest BCUT2D eigenvalue weighted by molar-refractivity contribution is 5.98. The first-order valence-electron chi connectivity index (χ1n) is 11.2. The Bertz CT molecular complexity index is 939. The molecule has 2 nitrogen and oxygen atoms in total. The number of benzene rings is 2. The Morgan fingerprint density at radius 1 is 0.931 bits per heavy atom. The molecule has 0 N–H and O–H groups in total. The van der Waals surface area contributed by atoms with E-state index in [9.17, 15) is 0 Å². The molecule has 1 aliphatic rings. The van der Waals surface area contributed by atoms with E-state index in [2.05, 4.69) is 78.6 Å². The maximum Gasteiger partial charge on any atom is 0.0941 e. The Labute approximate surface area is 175 Å². The summed E-state index contributed by atoms with van der Waals surface area (Å²) in [4.78, 5) is 7.51. The zero-order chi connectivity index (χ0) is 19.9. The van der Waals surface area contributed by atoms with Crippen LogP contribution in [-0.2, 0) is 0 Å². The molecule has 0 radical (unpaired) electrons. The summed E-state index contributed by atoms with van der Waals surface area (Å²) in [7, 11) is 0. The molecule has 1 aromatic heterocycles. The van der Waals surface area contributed by atoms with Crippen LogP contribution in [0.2, 0.25) is 0 Å². The summed E-state index contributed by atoms with van der Waals surface area (Å²) < 4.78 is 0. The van der Waals surface area contributed by atoms with E-state index >= 15 is 0 Å². The summed E-state index contributed by atoms with van der Waals surface area (Å²) in [6.07, 6.45) is 15.5. The van der Waals surface area contributed by atoms with Gasteiger partial charge in [0.1, 0.15) is 0 Å². The topological polar surface area (TPSA) is 16.1 Å². The molecular weight excluding hydrogens is 352 g/mol. The second-order valence-corrected chi connectivity index (χ2v) is 8.16. The lowest BCUT2D eigenvalue weighted by molar-refractivity contribution is 0.578. The maximum absolute atomic E-state index is 4.84. The molecule has 1 heterocycles. The van der Waals surface area contributed by atoms with Gasteiger partial charge in [0, 0.05) is 24.2 Å². The van der Waals surface area contributed by atoms with Crippen LogP contribution < -0.4 is 4.90 Å². The Morgan fingerprint density at radius 2 is 1.76 bits per heavy atom. The lowest BCUT2D eigenvalue weighted by Gasteiger charge is -2.32. The summed E-state index contributed by atoms with van der Waals surface area (Å²) in [5.74, 6) is 0. The molecule has 0 aliphatic heterocycles. The zero-order valence-corrected chi connectivity index (χ0v) is 17.6. The van der Waals surface area contributed by atoms with Crippen molar-refractivity contribution < 1.29 is 0 Å². The molecule has 150 valence electrons. The Morgan fingerprint density at radius 3 is 2.55 bits per heavy atom. The van der Waals surface area contributed by atoms with Crippen LogP contribution in [0.15, 0.2) is 60.8 Å². The van der Waals surface area contributed by atoms with Gasteiger partial charge >= 0.3 is 0 Å². The first-order valence-corrected chi connectivity index (χ1v) is 11.2. The molecule has 3 aromatic rings. The average Bonchev–Trinajstić information content (AvgIpc) is 3.31. The number of anilines is 1. The molecule has 0 amide bonds. The number of pyridine rings is 1. The third kappa shape index (κ3) is 4.70. The van der Waals surface area contributed by atoms with Crippen molar-refractivity contribution in [2.75, 3.05) is 11.4 Å². The van der Waals surface area contributed by atoms with Gasteiger partial charge in [-0.25, -0.2) is 0 Å². The van der Waals surface area contributed by atoms with E-state index in [-0.39, 0.29) is 0 Å². The van der Waals surface area contributed by atoms with Gasteiger partial charge in [0.25, 0.3) is 0 Å². The Kier molecular flexibility index (Phi) is 6.61. The number of rotatable bonds is 8. The van der Waals surface area contributed by atoms with Gasteiger partial charge in [0.05, 0.1) is 11.2 Å². The fourth-order valence-corrected chi connectivity index (χ4v) is 4.55. The molecule has 1 saturated carbocycles. The smallest absolute Gasteiger partial charge is 0.0941 e. The number of unbranched alkanes of at least 4 members (excludes halogenated alkanes) is 2. The number of nitrogens with zero attached hydrogens (tertiary/aromatic N) is 2. The quantitative estimate of drug-likeness (QED) is 0.298. The molecule has 4 rings (SSSR count). The minimum absolute atomic E-state index is 0.669. The van der Waals surface area contributed by atoms with Crippen LogP contribution in [0.3, 0.4) is 0 Å². The van der Waals surface area contributed by atoms with Gasteiger partial charge in [-0.15, -0.1) is 0 Å². The summed E-state index contributed by atoms with van der Waals surface area (Å²) >= 11 is 0. The average molecular weight is 385 g/mol. The fourth-order valence-electron chi connectivity index (χ4n) is 4.55. The molecule has 0 unspecified atom stereocenters. The van der Waals surface area contributed by atoms with Gasteiger partial charge < -0.3 is 4.90 Å². The monoisotopic (exact) mass is 384 g/mol. The van der Waals surface area contributed by atoms with Crippen molar-refractivity contribution in [1.82, 2.24) is 4.98 Å². The maximum atomic E-state index is 4.84. The number of fused-ring (bicyclic) bond motifs is 1. The first-order chi connectivity index (χ1) is 14.4. The molecule has 1 aliphatic carbocycles. The predicted octanol–water partition coefficient (Wildman–Crippen LogP) is 7.34. The van der Waals surface area contributed by atoms with E-state index in [1.54, 1.807) is 0 Å². The molecule has 1 fully saturated rings. The van der Waals surface area contributed by atoms with Gasteiger partial charge in [-0.2, -0.15) is 0 Å². The molecule has 2 aromatic carbocycles. The van der Waals surface area contributed by atoms with E-state index in [0.717, 1.165) is 12.1 Å². The van der Waals surface area contributed by atoms with Crippen LogP contribution in [0.4, 0.5) is 5.69 Å². The van der Waals surface area contributed by atoms with E-state index in [1.807, 2.05) is 6.20 Å². The lowest BCUT2D eigenvalue weighted by Crippen LogP contribution is -2.34. The Balaban J connectivity index is 1.70. The van der Waals surface area contributed by atoms with Crippen molar-refractivity contribution in [2.24, 2.45) is 0 Å². The summed E-state index contributed by atoms with van der Waals surface area (Å²) in [5, 5.41) is 1.25. The van der Waals surface area contributed by atoms with Crippen LogP contribution in [0, 0.1) is 0 Å². The van der Waals surface area contributed by atoms with Gasteiger partial charge in [-0.3, -0.25) is 4.98 Å². The summed E-state index contributed by atoms with van der Waals surface area (Å²) in [6.45, 7) is 3.42. The number of hydrogen-bond donors (Lipinski definition) is 0. The molecule has 0 atom stereocenters. The lowest BCUT2D eigenvalue weighted by atomic mass is 10.0. The number of aromatic nitrogens is 1. The highest BCUT2D eigenvalue weighted by Gasteiger charge is 2.24. The molecular formula is C27H32N2. The molecule has 0 saturated heterocycles. The van der Waals surface area contributed by atoms with Crippen LogP contribution in [0.1, 0.15) is 63.0 Å². The van der Waals surface area contributed by atoms with Gasteiger partial charge in [-0.1, -0.05) is 87.2 Å². The second-order valence-electron chi connectivity index (χ2n) is 8.16. The van der Waals surface area contributed by atoms with Crippen molar-refractivity contribution in [2.45, 2.75) is 57.9 Å². The predicted molar refractivity (Wildman–Crippen MR) is 126 cm³/mol. The van der Waals surface area contributed by atoms with Gasteiger partial charge in [0.15, 0.2) is 0 Å². The molecule has 0 bridgehead atoms. The van der Waals surface area contributed by atoms with Crippen LogP contribution >= 0.6 is 0 Å². The number of hydrogen-bond acceptors (Lipinski definition) is 2. The third-order valence-electron chi connectivity index (χ3n) is 6.11. The molecule has 29 heavy (non-hydrogen) atoms. The Hall–Kier alpha value is -2.61. The minimum Gasteiger partial charge on any atom is -0.367 e. The van der Waals surface area contributed by atoms with Gasteiger partial charge in [-0.05, 0) is 42.5 Å². The van der Waals surface area contributed by atoms with Crippen molar-refractivity contribution in [3.8, 4) is 0 Å². The van der Waals surface area contributed by atoms with Crippen molar-refractivity contribution >= 4 is 28.7 Å². The van der Waals surface area contributed by atoms with E-state index in [4.69, 9.17) is 4.98 Å². The summed E-state index contributed by atoms with van der Waals surface area (Å²) in [5.41, 5.74) is 4.92. The first kappa shape index (κ1) is 19.7. The van der Waals surface area contributed by atoms with Crippen LogP contribution in [-0.4, -0.2) is 17.6 Å². The van der Waals surface area contributed by atoms with Crippen molar-refractivity contribution in [3.63, 3.8) is 0 Å². The fraction of sp³-hybridized carbons (Fsp3) is 0.370. The highest BCUT2D eigenvalue weighted by Crippen LogP contribution is 2.34. The summed E-state index contributed by atoms with van der Waals surface area (Å²) in [6, 6.07) is 20.0. The zero-order valence-electron chi connectivity index (χ0n) is 17.6. The highest BCUT2D eigenvalue weighted by atomic mass is 15.2. The normalized spacial score (nSPS) is 14.8. The third-order valence-corrected chi connectivity index (χ3v) is 6.11. The molecule has 2 heteroatoms. The van der Waals surface area contributed by atoms with Crippen LogP contribution in [0.25, 0.3) is 23.1 Å². The van der Waals surface area contributed by atoms with E-state index < -0.39 is 0 Å². The second kappa shape index (κ2) is 9.73.